The molecular weight excluding hydrogens is 238 g/mol. The molecule has 2 aromatic rings. The molecule has 1 heterocycles. The molecule has 0 fully saturated rings. The quantitative estimate of drug-likeness (QED) is 0.884. The fourth-order valence-corrected chi connectivity index (χ4v) is 2.05. The van der Waals surface area contributed by atoms with Gasteiger partial charge in [0, 0.05) is 11.6 Å². The van der Waals surface area contributed by atoms with Crippen LogP contribution in [0, 0.1) is 5.92 Å². The number of anilines is 1. The Hall–Kier alpha value is -1.94. The molecule has 4 nitrogen and oxygen atoms in total. The van der Waals surface area contributed by atoms with E-state index in [9.17, 15) is 4.79 Å². The van der Waals surface area contributed by atoms with Crippen molar-refractivity contribution in [2.24, 2.45) is 11.7 Å². The maximum atomic E-state index is 12.0. The van der Waals surface area contributed by atoms with Crippen molar-refractivity contribution in [3.63, 3.8) is 0 Å². The van der Waals surface area contributed by atoms with Crippen LogP contribution in [-0.4, -0.2) is 16.9 Å². The lowest BCUT2D eigenvalue weighted by atomic mass is 10.0. The average molecular weight is 257 g/mol. The van der Waals surface area contributed by atoms with Gasteiger partial charge < -0.3 is 11.1 Å². The molecule has 0 aliphatic carbocycles. The summed E-state index contributed by atoms with van der Waals surface area (Å²) in [5.74, 6) is 0.234. The zero-order valence-electron chi connectivity index (χ0n) is 11.3. The molecule has 0 aliphatic rings. The van der Waals surface area contributed by atoms with Gasteiger partial charge in [-0.25, -0.2) is 0 Å². The molecule has 0 spiro atoms. The molecule has 1 aromatic carbocycles. The molecule has 100 valence electrons. The van der Waals surface area contributed by atoms with Crippen LogP contribution in [0.15, 0.2) is 36.5 Å². The summed E-state index contributed by atoms with van der Waals surface area (Å²) in [7, 11) is 0. The Kier molecular flexibility index (Phi) is 4.12. The first-order valence-corrected chi connectivity index (χ1v) is 6.48. The van der Waals surface area contributed by atoms with Crippen LogP contribution in [0.5, 0.6) is 0 Å². The van der Waals surface area contributed by atoms with Gasteiger partial charge in [-0.1, -0.05) is 32.0 Å². The number of para-hydroxylation sites is 1. The van der Waals surface area contributed by atoms with Crippen LogP contribution in [0.3, 0.4) is 0 Å². The topological polar surface area (TPSA) is 68.0 Å². The van der Waals surface area contributed by atoms with Gasteiger partial charge in [-0.15, -0.1) is 0 Å². The predicted octanol–water partition coefficient (Wildman–Crippen LogP) is 2.55. The number of hydrogen-bond donors (Lipinski definition) is 2. The first-order valence-electron chi connectivity index (χ1n) is 6.48. The lowest BCUT2D eigenvalue weighted by Gasteiger charge is -2.14. The van der Waals surface area contributed by atoms with E-state index in [1.807, 2.05) is 44.2 Å². The van der Waals surface area contributed by atoms with Crippen molar-refractivity contribution in [2.45, 2.75) is 26.3 Å². The van der Waals surface area contributed by atoms with Crippen LogP contribution in [0.2, 0.25) is 0 Å². The van der Waals surface area contributed by atoms with Crippen molar-refractivity contribution in [3.8, 4) is 0 Å². The number of benzene rings is 1. The third-order valence-corrected chi connectivity index (χ3v) is 2.95. The van der Waals surface area contributed by atoms with Crippen LogP contribution < -0.4 is 11.1 Å². The third-order valence-electron chi connectivity index (χ3n) is 2.95. The summed E-state index contributed by atoms with van der Waals surface area (Å²) in [5.41, 5.74) is 7.38. The van der Waals surface area contributed by atoms with Crippen molar-refractivity contribution < 1.29 is 4.79 Å². The van der Waals surface area contributed by atoms with E-state index < -0.39 is 6.04 Å². The number of carbonyl (C=O) groups excluding carboxylic acids is 1. The number of nitrogens with two attached hydrogens (primary N) is 1. The molecule has 0 unspecified atom stereocenters. The molecule has 3 N–H and O–H groups in total. The summed E-state index contributed by atoms with van der Waals surface area (Å²) in [5, 5.41) is 3.86. The number of amides is 1. The molecule has 19 heavy (non-hydrogen) atoms. The van der Waals surface area contributed by atoms with Crippen LogP contribution >= 0.6 is 0 Å². The van der Waals surface area contributed by atoms with Crippen molar-refractivity contribution in [1.29, 1.82) is 0 Å². The second-order valence-corrected chi connectivity index (χ2v) is 5.11. The Bertz CT molecular complexity index is 575. The van der Waals surface area contributed by atoms with Crippen LogP contribution in [0.25, 0.3) is 10.9 Å². The monoisotopic (exact) mass is 257 g/mol. The van der Waals surface area contributed by atoms with Gasteiger partial charge in [-0.05, 0) is 24.5 Å². The molecule has 1 amide bonds. The molecular formula is C15H19N3O. The number of nitrogens with one attached hydrogen (secondary N) is 1. The summed E-state index contributed by atoms with van der Waals surface area (Å²) >= 11 is 0. The number of nitrogens with zero attached hydrogens (tertiary/aromatic N) is 1. The van der Waals surface area contributed by atoms with Crippen molar-refractivity contribution in [3.05, 3.63) is 36.5 Å². The third kappa shape index (κ3) is 3.29. The van der Waals surface area contributed by atoms with E-state index in [0.29, 0.717) is 18.0 Å². The largest absolute Gasteiger partial charge is 0.323 e. The number of hydrogen-bond acceptors (Lipinski definition) is 3. The lowest BCUT2D eigenvalue weighted by Crippen LogP contribution is -2.36. The average Bonchev–Trinajstić information content (AvgIpc) is 2.38. The molecule has 4 heteroatoms. The van der Waals surface area contributed by atoms with Crippen molar-refractivity contribution in [2.75, 3.05) is 5.32 Å². The molecule has 0 radical (unpaired) electrons. The minimum Gasteiger partial charge on any atom is -0.323 e. The molecule has 1 atom stereocenters. The van der Waals surface area contributed by atoms with Crippen LogP contribution in [0.1, 0.15) is 20.3 Å². The maximum Gasteiger partial charge on any atom is 0.241 e. The summed E-state index contributed by atoms with van der Waals surface area (Å²) in [6.45, 7) is 4.10. The highest BCUT2D eigenvalue weighted by molar-refractivity contribution is 6.02. The zero-order chi connectivity index (χ0) is 13.8. The predicted molar refractivity (Wildman–Crippen MR) is 77.8 cm³/mol. The highest BCUT2D eigenvalue weighted by Gasteiger charge is 2.16. The number of pyridine rings is 1. The smallest absolute Gasteiger partial charge is 0.241 e. The maximum absolute atomic E-state index is 12.0. The Labute approximate surface area is 113 Å². The molecule has 0 aliphatic heterocycles. The summed E-state index contributed by atoms with van der Waals surface area (Å²) in [6.07, 6.45) is 2.38. The Balaban J connectivity index is 2.19. The Morgan fingerprint density at radius 2 is 2.05 bits per heavy atom. The van der Waals surface area contributed by atoms with E-state index in [0.717, 1.165) is 10.9 Å². The fraction of sp³-hybridized carbons (Fsp3) is 0.333. The number of fused-ring (bicyclic) bond motifs is 1. The van der Waals surface area contributed by atoms with Gasteiger partial charge in [0.1, 0.15) is 0 Å². The molecule has 2 rings (SSSR count). The first-order chi connectivity index (χ1) is 9.08. The SMILES string of the molecule is CC(C)C[C@@H](N)C(=O)Nc1cccc2cccnc12. The minimum absolute atomic E-state index is 0.160. The van der Waals surface area contributed by atoms with Gasteiger partial charge in [0.2, 0.25) is 5.91 Å². The van der Waals surface area contributed by atoms with Gasteiger partial charge in [-0.2, -0.15) is 0 Å². The van der Waals surface area contributed by atoms with Crippen LogP contribution in [0.4, 0.5) is 5.69 Å². The molecule has 0 saturated carbocycles. The normalized spacial score (nSPS) is 12.6. The van der Waals surface area contributed by atoms with Gasteiger partial charge in [0.25, 0.3) is 0 Å². The number of rotatable bonds is 4. The number of aromatic nitrogens is 1. The Morgan fingerprint density at radius 1 is 1.32 bits per heavy atom. The Morgan fingerprint density at radius 3 is 2.79 bits per heavy atom. The van der Waals surface area contributed by atoms with Crippen molar-refractivity contribution >= 4 is 22.5 Å². The highest BCUT2D eigenvalue weighted by atomic mass is 16.2. The first kappa shape index (κ1) is 13.5. The molecule has 0 bridgehead atoms. The summed E-state index contributed by atoms with van der Waals surface area (Å²) in [4.78, 5) is 16.3. The molecule has 0 saturated heterocycles. The second kappa shape index (κ2) is 5.80. The van der Waals surface area contributed by atoms with E-state index in [1.165, 1.54) is 0 Å². The van der Waals surface area contributed by atoms with Gasteiger partial charge >= 0.3 is 0 Å². The molecule has 1 aromatic heterocycles. The van der Waals surface area contributed by atoms with Gasteiger partial charge in [0.05, 0.1) is 17.2 Å². The second-order valence-electron chi connectivity index (χ2n) is 5.11. The lowest BCUT2D eigenvalue weighted by molar-refractivity contribution is -0.117. The van der Waals surface area contributed by atoms with E-state index in [1.54, 1.807) is 6.20 Å². The van der Waals surface area contributed by atoms with Crippen molar-refractivity contribution in [1.82, 2.24) is 4.98 Å². The highest BCUT2D eigenvalue weighted by Crippen LogP contribution is 2.20. The fourth-order valence-electron chi connectivity index (χ4n) is 2.05. The minimum atomic E-state index is -0.487. The standard InChI is InChI=1S/C15H19N3O/c1-10(2)9-12(16)15(19)18-13-7-3-5-11-6-4-8-17-14(11)13/h3-8,10,12H,9,16H2,1-2H3,(H,18,19)/t12-/m1/s1. The number of carbonyl (C=O) groups is 1. The van der Waals surface area contributed by atoms with E-state index in [2.05, 4.69) is 10.3 Å². The van der Waals surface area contributed by atoms with E-state index in [-0.39, 0.29) is 5.91 Å². The van der Waals surface area contributed by atoms with E-state index in [4.69, 9.17) is 5.73 Å². The van der Waals surface area contributed by atoms with Gasteiger partial charge in [0.15, 0.2) is 0 Å². The van der Waals surface area contributed by atoms with Crippen LogP contribution in [-0.2, 0) is 4.79 Å². The summed E-state index contributed by atoms with van der Waals surface area (Å²) in [6, 6.07) is 9.05. The van der Waals surface area contributed by atoms with E-state index >= 15 is 0 Å². The zero-order valence-corrected chi connectivity index (χ0v) is 11.3. The summed E-state index contributed by atoms with van der Waals surface area (Å²) < 4.78 is 0. The van der Waals surface area contributed by atoms with Gasteiger partial charge in [-0.3, -0.25) is 9.78 Å².